The van der Waals surface area contributed by atoms with Crippen LogP contribution in [0.5, 0.6) is 0 Å². The Bertz CT molecular complexity index is 407. The molecule has 0 aromatic heterocycles. The topological polar surface area (TPSA) is 89.8 Å². The second kappa shape index (κ2) is 5.85. The van der Waals surface area contributed by atoms with Crippen molar-refractivity contribution in [1.82, 2.24) is 5.32 Å². The van der Waals surface area contributed by atoms with E-state index in [1.54, 1.807) is 0 Å². The van der Waals surface area contributed by atoms with Crippen molar-refractivity contribution in [2.24, 2.45) is 0 Å². The van der Waals surface area contributed by atoms with Crippen molar-refractivity contribution in [2.75, 3.05) is 19.8 Å². The predicted molar refractivity (Wildman–Crippen MR) is 57.8 cm³/mol. The summed E-state index contributed by atoms with van der Waals surface area (Å²) in [5.41, 5.74) is -2.57. The van der Waals surface area contributed by atoms with Gasteiger partial charge in [0.1, 0.15) is 22.7 Å². The first kappa shape index (κ1) is 14.5. The van der Waals surface area contributed by atoms with E-state index in [1.807, 2.05) is 5.32 Å². The summed E-state index contributed by atoms with van der Waals surface area (Å²) in [6, 6.07) is 2.89. The summed E-state index contributed by atoms with van der Waals surface area (Å²) in [7, 11) is 0. The number of nitrogens with one attached hydrogen (secondary N) is 1. The van der Waals surface area contributed by atoms with E-state index in [4.69, 9.17) is 15.3 Å². The highest BCUT2D eigenvalue weighted by Gasteiger charge is 2.32. The molecule has 0 unspecified atom stereocenters. The Morgan fingerprint density at radius 1 is 1.11 bits per heavy atom. The molecule has 5 nitrogen and oxygen atoms in total. The highest BCUT2D eigenvalue weighted by molar-refractivity contribution is 5.95. The van der Waals surface area contributed by atoms with E-state index < -0.39 is 48.5 Å². The predicted octanol–water partition coefficient (Wildman–Crippen LogP) is -0.590. The second-order valence-electron chi connectivity index (χ2n) is 3.81. The van der Waals surface area contributed by atoms with Gasteiger partial charge in [0, 0.05) is 0 Å². The average Bonchev–Trinajstić information content (AvgIpc) is 2.36. The fraction of sp³-hybridized carbons (Fsp3) is 0.364. The van der Waals surface area contributed by atoms with E-state index in [9.17, 15) is 13.6 Å². The van der Waals surface area contributed by atoms with Crippen molar-refractivity contribution < 1.29 is 28.9 Å². The van der Waals surface area contributed by atoms with Crippen LogP contribution in [0, 0.1) is 11.6 Å². The molecule has 0 heterocycles. The molecule has 1 rings (SSSR count). The number of amides is 1. The van der Waals surface area contributed by atoms with Crippen molar-refractivity contribution in [3.8, 4) is 0 Å². The van der Waals surface area contributed by atoms with Gasteiger partial charge in [-0.2, -0.15) is 0 Å². The zero-order valence-electron chi connectivity index (χ0n) is 9.36. The molecule has 0 spiro atoms. The lowest BCUT2D eigenvalue weighted by Crippen LogP contribution is -2.57. The van der Waals surface area contributed by atoms with Gasteiger partial charge in [-0.05, 0) is 12.1 Å². The van der Waals surface area contributed by atoms with Gasteiger partial charge in [-0.1, -0.05) is 6.07 Å². The van der Waals surface area contributed by atoms with Crippen LogP contribution in [0.4, 0.5) is 8.78 Å². The van der Waals surface area contributed by atoms with Gasteiger partial charge in [-0.25, -0.2) is 8.78 Å². The minimum Gasteiger partial charge on any atom is -0.394 e. The van der Waals surface area contributed by atoms with Gasteiger partial charge in [0.15, 0.2) is 0 Å². The molecule has 18 heavy (non-hydrogen) atoms. The number of aliphatic hydroxyl groups is 3. The van der Waals surface area contributed by atoms with Gasteiger partial charge in [-0.3, -0.25) is 4.79 Å². The van der Waals surface area contributed by atoms with Crippen LogP contribution in [0.2, 0.25) is 0 Å². The first-order valence-corrected chi connectivity index (χ1v) is 5.09. The smallest absolute Gasteiger partial charge is 0.257 e. The lowest BCUT2D eigenvalue weighted by atomic mass is 10.0. The van der Waals surface area contributed by atoms with Crippen molar-refractivity contribution in [2.45, 2.75) is 5.54 Å². The third-order valence-corrected chi connectivity index (χ3v) is 2.48. The van der Waals surface area contributed by atoms with Crippen LogP contribution in [0.25, 0.3) is 0 Å². The summed E-state index contributed by atoms with van der Waals surface area (Å²) in [5.74, 6) is -3.31. The Morgan fingerprint density at radius 3 is 1.94 bits per heavy atom. The number of halogens is 2. The number of aliphatic hydroxyl groups excluding tert-OH is 3. The zero-order chi connectivity index (χ0) is 13.8. The number of carbonyl (C=O) groups excluding carboxylic acids is 1. The average molecular weight is 261 g/mol. The Labute approximate surface area is 102 Å². The fourth-order valence-electron chi connectivity index (χ4n) is 1.29. The summed E-state index contributed by atoms with van der Waals surface area (Å²) in [6.45, 7) is -2.33. The minimum absolute atomic E-state index is 0.776. The molecule has 1 aromatic carbocycles. The van der Waals surface area contributed by atoms with Crippen LogP contribution in [0.15, 0.2) is 18.2 Å². The number of rotatable bonds is 5. The van der Waals surface area contributed by atoms with Crippen molar-refractivity contribution in [3.05, 3.63) is 35.4 Å². The molecule has 0 fully saturated rings. The lowest BCUT2D eigenvalue weighted by molar-refractivity contribution is 0.0371. The number of benzene rings is 1. The van der Waals surface area contributed by atoms with E-state index in [0.29, 0.717) is 0 Å². The first-order chi connectivity index (χ1) is 8.49. The molecule has 1 amide bonds. The summed E-state index contributed by atoms with van der Waals surface area (Å²) in [6.07, 6.45) is 0. The number of carbonyl (C=O) groups is 1. The quantitative estimate of drug-likeness (QED) is 0.570. The van der Waals surface area contributed by atoms with Gasteiger partial charge in [-0.15, -0.1) is 0 Å². The van der Waals surface area contributed by atoms with Crippen LogP contribution in [0.1, 0.15) is 10.4 Å². The molecule has 0 saturated heterocycles. The SMILES string of the molecule is O=C(NC(CO)(CO)CO)c1c(F)cccc1F. The fourth-order valence-corrected chi connectivity index (χ4v) is 1.29. The van der Waals surface area contributed by atoms with E-state index in [0.717, 1.165) is 18.2 Å². The Morgan fingerprint density at radius 2 is 1.56 bits per heavy atom. The maximum absolute atomic E-state index is 13.3. The van der Waals surface area contributed by atoms with E-state index >= 15 is 0 Å². The molecular formula is C11H13F2NO4. The van der Waals surface area contributed by atoms with Crippen LogP contribution in [-0.4, -0.2) is 46.6 Å². The maximum atomic E-state index is 13.3. The van der Waals surface area contributed by atoms with E-state index in [-0.39, 0.29) is 0 Å². The van der Waals surface area contributed by atoms with Crippen LogP contribution in [-0.2, 0) is 0 Å². The molecule has 0 aliphatic heterocycles. The molecule has 7 heteroatoms. The summed E-state index contributed by atoms with van der Waals surface area (Å²) < 4.78 is 26.6. The van der Waals surface area contributed by atoms with Crippen LogP contribution >= 0.6 is 0 Å². The normalized spacial score (nSPS) is 11.4. The number of hydrogen-bond acceptors (Lipinski definition) is 4. The number of hydrogen-bond donors (Lipinski definition) is 4. The first-order valence-electron chi connectivity index (χ1n) is 5.09. The van der Waals surface area contributed by atoms with Crippen LogP contribution in [0.3, 0.4) is 0 Å². The highest BCUT2D eigenvalue weighted by Crippen LogP contribution is 2.13. The molecule has 0 aliphatic rings. The standard InChI is InChI=1S/C11H13F2NO4/c12-7-2-1-3-8(13)9(7)10(18)14-11(4-15,5-16)6-17/h1-3,15-17H,4-6H2,(H,14,18). The summed E-state index contributed by atoms with van der Waals surface area (Å²) >= 11 is 0. The van der Waals surface area contributed by atoms with Gasteiger partial charge < -0.3 is 20.6 Å². The molecule has 100 valence electrons. The Hall–Kier alpha value is -1.57. The van der Waals surface area contributed by atoms with E-state index in [2.05, 4.69) is 0 Å². The highest BCUT2D eigenvalue weighted by atomic mass is 19.1. The Balaban J connectivity index is 3.02. The van der Waals surface area contributed by atoms with Crippen molar-refractivity contribution in [1.29, 1.82) is 0 Å². The largest absolute Gasteiger partial charge is 0.394 e. The second-order valence-corrected chi connectivity index (χ2v) is 3.81. The molecule has 1 aromatic rings. The van der Waals surface area contributed by atoms with Gasteiger partial charge in [0.25, 0.3) is 5.91 Å². The van der Waals surface area contributed by atoms with E-state index in [1.165, 1.54) is 0 Å². The summed E-state index contributed by atoms with van der Waals surface area (Å²) in [4.78, 5) is 11.7. The molecule has 0 bridgehead atoms. The third-order valence-electron chi connectivity index (χ3n) is 2.48. The summed E-state index contributed by atoms with van der Waals surface area (Å²) in [5, 5.41) is 29.0. The van der Waals surface area contributed by atoms with Gasteiger partial charge in [0.2, 0.25) is 0 Å². The molecular weight excluding hydrogens is 248 g/mol. The molecule has 0 atom stereocenters. The van der Waals surface area contributed by atoms with Crippen molar-refractivity contribution >= 4 is 5.91 Å². The van der Waals surface area contributed by atoms with Crippen molar-refractivity contribution in [3.63, 3.8) is 0 Å². The minimum atomic E-state index is -1.73. The molecule has 0 saturated carbocycles. The third kappa shape index (κ3) is 2.81. The lowest BCUT2D eigenvalue weighted by Gasteiger charge is -2.28. The van der Waals surface area contributed by atoms with Gasteiger partial charge >= 0.3 is 0 Å². The molecule has 0 radical (unpaired) electrons. The molecule has 0 aliphatic carbocycles. The van der Waals surface area contributed by atoms with Gasteiger partial charge in [0.05, 0.1) is 19.8 Å². The Kier molecular flexibility index (Phi) is 4.71. The zero-order valence-corrected chi connectivity index (χ0v) is 9.36. The molecule has 4 N–H and O–H groups in total. The van der Waals surface area contributed by atoms with Crippen LogP contribution < -0.4 is 5.32 Å². The monoisotopic (exact) mass is 261 g/mol. The maximum Gasteiger partial charge on any atom is 0.257 e.